The van der Waals surface area contributed by atoms with Crippen LogP contribution in [0.1, 0.15) is 39.8 Å². The van der Waals surface area contributed by atoms with E-state index in [1.54, 1.807) is 25.1 Å². The predicted octanol–water partition coefficient (Wildman–Crippen LogP) is 4.65. The number of carbonyl (C=O) groups is 1. The third-order valence-corrected chi connectivity index (χ3v) is 5.25. The van der Waals surface area contributed by atoms with Crippen LogP contribution in [0.2, 0.25) is 0 Å². The van der Waals surface area contributed by atoms with E-state index in [-0.39, 0.29) is 10.9 Å². The summed E-state index contributed by atoms with van der Waals surface area (Å²) in [6.45, 7) is 1.78. The number of hydrogen-bond donors (Lipinski definition) is 1. The number of thiazole rings is 1. The molecule has 0 radical (unpaired) electrons. The topological polar surface area (TPSA) is 54.9 Å². The van der Waals surface area contributed by atoms with Gasteiger partial charge in [0, 0.05) is 10.8 Å². The fraction of sp³-hybridized carbons (Fsp3) is 0.267. The number of nitrogens with zero attached hydrogens (tertiary/aromatic N) is 2. The third-order valence-electron chi connectivity index (χ3n) is 3.41. The highest BCUT2D eigenvalue weighted by atomic mass is 32.1. The summed E-state index contributed by atoms with van der Waals surface area (Å²) in [5, 5.41) is 4.69. The molecule has 1 atom stereocenters. The molecule has 2 heterocycles. The lowest BCUT2D eigenvalue weighted by molar-refractivity contribution is -0.140. The van der Waals surface area contributed by atoms with Crippen LogP contribution in [0, 0.1) is 0 Å². The lowest BCUT2D eigenvalue weighted by Crippen LogP contribution is -2.27. The zero-order valence-corrected chi connectivity index (χ0v) is 14.1. The highest BCUT2D eigenvalue weighted by Gasteiger charge is 2.34. The van der Waals surface area contributed by atoms with Gasteiger partial charge in [0.25, 0.3) is 5.91 Å². The Labute approximate surface area is 143 Å². The minimum Gasteiger partial charge on any atom is -0.342 e. The first-order valence-corrected chi connectivity index (χ1v) is 8.73. The minimum atomic E-state index is -4.48. The molecule has 2 aromatic heterocycles. The van der Waals surface area contributed by atoms with Crippen molar-refractivity contribution >= 4 is 39.7 Å². The monoisotopic (exact) mass is 371 g/mol. The Hall–Kier alpha value is -2.00. The zero-order valence-electron chi connectivity index (χ0n) is 12.4. The number of halogens is 3. The van der Waals surface area contributed by atoms with Crippen LogP contribution in [0.5, 0.6) is 0 Å². The van der Waals surface area contributed by atoms with Crippen molar-refractivity contribution in [3.8, 4) is 0 Å². The average Bonchev–Trinajstić information content (AvgIpc) is 3.18. The molecule has 1 aromatic carbocycles. The predicted molar refractivity (Wildman–Crippen MR) is 87.2 cm³/mol. The molecule has 1 N–H and O–H groups in total. The molecule has 9 heteroatoms. The average molecular weight is 371 g/mol. The molecule has 3 rings (SSSR count). The Morgan fingerprint density at radius 2 is 2.08 bits per heavy atom. The van der Waals surface area contributed by atoms with E-state index in [2.05, 4.69) is 14.7 Å². The molecule has 0 fully saturated rings. The summed E-state index contributed by atoms with van der Waals surface area (Å²) < 4.78 is 42.2. The Balaban J connectivity index is 1.82. The fourth-order valence-corrected chi connectivity index (χ4v) is 3.91. The maximum absolute atomic E-state index is 12.7. The van der Waals surface area contributed by atoms with E-state index in [1.807, 2.05) is 6.07 Å². The van der Waals surface area contributed by atoms with Crippen molar-refractivity contribution in [2.24, 2.45) is 0 Å². The Morgan fingerprint density at radius 3 is 2.75 bits per heavy atom. The van der Waals surface area contributed by atoms with Gasteiger partial charge in [-0.3, -0.25) is 4.79 Å². The number of alkyl halides is 3. The molecule has 4 nitrogen and oxygen atoms in total. The summed E-state index contributed by atoms with van der Waals surface area (Å²) >= 11 is 1.96. The Kier molecular flexibility index (Phi) is 4.55. The van der Waals surface area contributed by atoms with Gasteiger partial charge in [0.15, 0.2) is 5.69 Å². The van der Waals surface area contributed by atoms with Crippen LogP contribution in [0.4, 0.5) is 13.2 Å². The normalized spacial score (nSPS) is 13.2. The summed E-state index contributed by atoms with van der Waals surface area (Å²) in [4.78, 5) is 16.5. The smallest absolute Gasteiger partial charge is 0.342 e. The summed E-state index contributed by atoms with van der Waals surface area (Å²) in [5.41, 5.74) is -0.215. The van der Waals surface area contributed by atoms with E-state index in [0.717, 1.165) is 33.6 Å². The van der Waals surface area contributed by atoms with Gasteiger partial charge in [-0.2, -0.15) is 17.5 Å². The molecule has 1 unspecified atom stereocenters. The minimum absolute atomic E-state index is 0.243. The third kappa shape index (κ3) is 3.27. The number of fused-ring (bicyclic) bond motifs is 1. The fourth-order valence-electron chi connectivity index (χ4n) is 2.19. The molecule has 0 aliphatic heterocycles. The van der Waals surface area contributed by atoms with E-state index < -0.39 is 17.9 Å². The summed E-state index contributed by atoms with van der Waals surface area (Å²) in [6.07, 6.45) is -4.04. The van der Waals surface area contributed by atoms with Crippen LogP contribution < -0.4 is 5.32 Å². The van der Waals surface area contributed by atoms with Gasteiger partial charge < -0.3 is 5.32 Å². The van der Waals surface area contributed by atoms with E-state index >= 15 is 0 Å². The van der Waals surface area contributed by atoms with Gasteiger partial charge in [0.2, 0.25) is 0 Å². The van der Waals surface area contributed by atoms with Crippen LogP contribution in [0.25, 0.3) is 10.9 Å². The molecule has 0 saturated heterocycles. The molecular formula is C15H12F3N3OS2. The molecule has 0 saturated carbocycles. The highest BCUT2D eigenvalue weighted by molar-refractivity contribution is 7.10. The van der Waals surface area contributed by atoms with Crippen molar-refractivity contribution in [1.29, 1.82) is 0 Å². The number of hydrogen-bond acceptors (Lipinski definition) is 5. The number of nitrogens with one attached hydrogen (secondary N) is 1. The number of benzene rings is 1. The lowest BCUT2D eigenvalue weighted by Gasteiger charge is -2.13. The molecule has 3 aromatic rings. The van der Waals surface area contributed by atoms with E-state index in [1.165, 1.54) is 0 Å². The summed E-state index contributed by atoms with van der Waals surface area (Å²) in [7, 11) is 0. The largest absolute Gasteiger partial charge is 0.434 e. The van der Waals surface area contributed by atoms with Gasteiger partial charge in [-0.25, -0.2) is 4.98 Å². The molecule has 0 aliphatic rings. The number of amides is 1. The van der Waals surface area contributed by atoms with Crippen LogP contribution in [-0.2, 0) is 6.18 Å². The lowest BCUT2D eigenvalue weighted by atomic mass is 10.2. The van der Waals surface area contributed by atoms with E-state index in [0.29, 0.717) is 16.8 Å². The van der Waals surface area contributed by atoms with Crippen LogP contribution in [0.15, 0.2) is 29.6 Å². The van der Waals surface area contributed by atoms with E-state index in [9.17, 15) is 18.0 Å². The first kappa shape index (κ1) is 16.8. The van der Waals surface area contributed by atoms with Gasteiger partial charge in [-0.05, 0) is 24.0 Å². The molecular weight excluding hydrogens is 359 g/mol. The second-order valence-corrected chi connectivity index (χ2v) is 6.69. The SMILES string of the molecule is CCC(NC(=O)c1snc2ccccc12)c1nc(C(F)(F)F)cs1. The first-order chi connectivity index (χ1) is 11.4. The van der Waals surface area contributed by atoms with Crippen molar-refractivity contribution in [2.45, 2.75) is 25.6 Å². The standard InChI is InChI=1S/C15H12F3N3OS2/c1-2-9(14-20-11(7-23-14)15(16,17)18)19-13(22)12-8-5-3-4-6-10(8)21-24-12/h3-7,9H,2H2,1H3,(H,19,22). The molecule has 126 valence electrons. The van der Waals surface area contributed by atoms with Crippen molar-refractivity contribution in [2.75, 3.05) is 0 Å². The number of rotatable bonds is 4. The van der Waals surface area contributed by atoms with Gasteiger partial charge >= 0.3 is 6.18 Å². The number of carbonyl (C=O) groups excluding carboxylic acids is 1. The molecule has 0 spiro atoms. The maximum Gasteiger partial charge on any atom is 0.434 e. The second kappa shape index (κ2) is 6.48. The van der Waals surface area contributed by atoms with Gasteiger partial charge in [0.1, 0.15) is 9.88 Å². The molecule has 0 aliphatic carbocycles. The maximum atomic E-state index is 12.7. The van der Waals surface area contributed by atoms with Crippen molar-refractivity contribution in [3.05, 3.63) is 45.2 Å². The Morgan fingerprint density at radius 1 is 1.33 bits per heavy atom. The van der Waals surface area contributed by atoms with Crippen LogP contribution in [-0.4, -0.2) is 15.3 Å². The van der Waals surface area contributed by atoms with Gasteiger partial charge in [0.05, 0.1) is 11.6 Å². The van der Waals surface area contributed by atoms with Gasteiger partial charge in [-0.1, -0.05) is 25.1 Å². The first-order valence-electron chi connectivity index (χ1n) is 7.08. The number of aromatic nitrogens is 2. The molecule has 24 heavy (non-hydrogen) atoms. The zero-order chi connectivity index (χ0) is 17.3. The summed E-state index contributed by atoms with van der Waals surface area (Å²) in [6, 6.07) is 6.66. The van der Waals surface area contributed by atoms with Crippen LogP contribution >= 0.6 is 22.9 Å². The van der Waals surface area contributed by atoms with Crippen molar-refractivity contribution in [3.63, 3.8) is 0 Å². The van der Waals surface area contributed by atoms with Crippen molar-refractivity contribution < 1.29 is 18.0 Å². The quantitative estimate of drug-likeness (QED) is 0.726. The van der Waals surface area contributed by atoms with E-state index in [4.69, 9.17) is 0 Å². The molecule has 1 amide bonds. The second-order valence-electron chi connectivity index (χ2n) is 5.03. The van der Waals surface area contributed by atoms with Crippen molar-refractivity contribution in [1.82, 2.24) is 14.7 Å². The Bertz CT molecular complexity index is 872. The summed E-state index contributed by atoms with van der Waals surface area (Å²) in [5.74, 6) is -0.357. The van der Waals surface area contributed by atoms with Crippen LogP contribution in [0.3, 0.4) is 0 Å². The highest BCUT2D eigenvalue weighted by Crippen LogP contribution is 2.32. The van der Waals surface area contributed by atoms with Gasteiger partial charge in [-0.15, -0.1) is 11.3 Å². The molecule has 0 bridgehead atoms.